The Morgan fingerprint density at radius 2 is 1.76 bits per heavy atom. The molecule has 0 aromatic rings. The van der Waals surface area contributed by atoms with Gasteiger partial charge in [-0.15, -0.1) is 0 Å². The van der Waals surface area contributed by atoms with E-state index in [1.807, 2.05) is 6.92 Å². The maximum atomic E-state index is 11.5. The Kier molecular flexibility index (Phi) is 7.34. The van der Waals surface area contributed by atoms with E-state index in [0.717, 1.165) is 6.42 Å². The second-order valence-electron chi connectivity index (χ2n) is 4.47. The topological polar surface area (TPSA) is 78.4 Å². The van der Waals surface area contributed by atoms with E-state index in [4.69, 9.17) is 5.11 Å². The standard InChI is InChI=1S/C12H24N2O3/c1-5-8(3)9(4)14-12(17)13-7-10(6-2)11(15)16/h8-10H,5-7H2,1-4H3,(H,15,16)(H2,13,14,17). The summed E-state index contributed by atoms with van der Waals surface area (Å²) in [5, 5.41) is 14.2. The van der Waals surface area contributed by atoms with Crippen LogP contribution in [-0.2, 0) is 4.79 Å². The van der Waals surface area contributed by atoms with Gasteiger partial charge < -0.3 is 15.7 Å². The monoisotopic (exact) mass is 244 g/mol. The smallest absolute Gasteiger partial charge is 0.315 e. The molecule has 0 aromatic carbocycles. The molecular weight excluding hydrogens is 220 g/mol. The summed E-state index contributed by atoms with van der Waals surface area (Å²) in [6.45, 7) is 8.04. The first-order chi connectivity index (χ1) is 7.92. The van der Waals surface area contributed by atoms with Gasteiger partial charge in [0.2, 0.25) is 0 Å². The van der Waals surface area contributed by atoms with E-state index in [0.29, 0.717) is 12.3 Å². The van der Waals surface area contributed by atoms with Crippen LogP contribution in [0.5, 0.6) is 0 Å². The number of hydrogen-bond donors (Lipinski definition) is 3. The molecule has 17 heavy (non-hydrogen) atoms. The molecule has 0 spiro atoms. The zero-order valence-corrected chi connectivity index (χ0v) is 11.1. The average molecular weight is 244 g/mol. The summed E-state index contributed by atoms with van der Waals surface area (Å²) in [4.78, 5) is 22.2. The largest absolute Gasteiger partial charge is 0.481 e. The van der Waals surface area contributed by atoms with Gasteiger partial charge in [0.1, 0.15) is 0 Å². The maximum Gasteiger partial charge on any atom is 0.315 e. The van der Waals surface area contributed by atoms with Gasteiger partial charge in [0.25, 0.3) is 0 Å². The molecule has 0 aliphatic heterocycles. The molecule has 0 bridgehead atoms. The highest BCUT2D eigenvalue weighted by molar-refractivity contribution is 5.76. The first-order valence-corrected chi connectivity index (χ1v) is 6.19. The molecule has 0 aliphatic rings. The third-order valence-corrected chi connectivity index (χ3v) is 3.21. The minimum atomic E-state index is -0.872. The summed E-state index contributed by atoms with van der Waals surface area (Å²) in [5.41, 5.74) is 0. The van der Waals surface area contributed by atoms with Gasteiger partial charge in [0.15, 0.2) is 0 Å². The lowest BCUT2D eigenvalue weighted by atomic mass is 10.0. The number of rotatable bonds is 7. The Morgan fingerprint density at radius 1 is 1.18 bits per heavy atom. The van der Waals surface area contributed by atoms with E-state index in [1.54, 1.807) is 6.92 Å². The fourth-order valence-corrected chi connectivity index (χ4v) is 1.38. The van der Waals surface area contributed by atoms with Crippen LogP contribution in [0.1, 0.15) is 40.5 Å². The van der Waals surface area contributed by atoms with Crippen LogP contribution in [0.15, 0.2) is 0 Å². The Bertz CT molecular complexity index is 256. The first-order valence-electron chi connectivity index (χ1n) is 6.19. The Balaban J connectivity index is 3.98. The summed E-state index contributed by atoms with van der Waals surface area (Å²) >= 11 is 0. The van der Waals surface area contributed by atoms with Gasteiger partial charge in [-0.25, -0.2) is 4.79 Å². The lowest BCUT2D eigenvalue weighted by molar-refractivity contribution is -0.141. The van der Waals surface area contributed by atoms with Crippen molar-refractivity contribution in [1.29, 1.82) is 0 Å². The van der Waals surface area contributed by atoms with Crippen molar-refractivity contribution in [2.24, 2.45) is 11.8 Å². The molecule has 3 atom stereocenters. The molecule has 0 radical (unpaired) electrons. The minimum absolute atomic E-state index is 0.0879. The van der Waals surface area contributed by atoms with Gasteiger partial charge in [-0.05, 0) is 19.3 Å². The molecule has 0 rings (SSSR count). The summed E-state index contributed by atoms with van der Waals surface area (Å²) in [6, 6.07) is -0.206. The van der Waals surface area contributed by atoms with Gasteiger partial charge >= 0.3 is 12.0 Å². The predicted octanol–water partition coefficient (Wildman–Crippen LogP) is 1.83. The molecule has 0 saturated heterocycles. The van der Waals surface area contributed by atoms with Crippen molar-refractivity contribution in [2.75, 3.05) is 6.54 Å². The SMILES string of the molecule is CCC(CNC(=O)NC(C)C(C)CC)C(=O)O. The predicted molar refractivity (Wildman–Crippen MR) is 66.9 cm³/mol. The molecule has 0 aromatic heterocycles. The van der Waals surface area contributed by atoms with Crippen molar-refractivity contribution >= 4 is 12.0 Å². The van der Waals surface area contributed by atoms with Gasteiger partial charge in [-0.1, -0.05) is 27.2 Å². The minimum Gasteiger partial charge on any atom is -0.481 e. The van der Waals surface area contributed by atoms with Gasteiger partial charge in [0, 0.05) is 12.6 Å². The zero-order chi connectivity index (χ0) is 13.4. The number of hydrogen-bond acceptors (Lipinski definition) is 2. The highest BCUT2D eigenvalue weighted by Crippen LogP contribution is 2.06. The molecule has 3 N–H and O–H groups in total. The molecule has 3 unspecified atom stereocenters. The number of aliphatic carboxylic acids is 1. The molecule has 5 nitrogen and oxygen atoms in total. The first kappa shape index (κ1) is 15.7. The molecule has 0 saturated carbocycles. The van der Waals surface area contributed by atoms with Crippen LogP contribution in [0.25, 0.3) is 0 Å². The number of urea groups is 1. The van der Waals surface area contributed by atoms with Crippen LogP contribution in [0.2, 0.25) is 0 Å². The normalized spacial score (nSPS) is 15.8. The molecule has 0 heterocycles. The van der Waals surface area contributed by atoms with Crippen LogP contribution in [0.4, 0.5) is 4.79 Å². The van der Waals surface area contributed by atoms with Gasteiger partial charge in [0.05, 0.1) is 5.92 Å². The van der Waals surface area contributed by atoms with Crippen molar-refractivity contribution < 1.29 is 14.7 Å². The second-order valence-corrected chi connectivity index (χ2v) is 4.47. The van der Waals surface area contributed by atoms with Crippen molar-refractivity contribution in [3.8, 4) is 0 Å². The summed E-state index contributed by atoms with van der Waals surface area (Å²) in [5.74, 6) is -0.982. The maximum absolute atomic E-state index is 11.5. The Hall–Kier alpha value is -1.26. The van der Waals surface area contributed by atoms with E-state index in [-0.39, 0.29) is 18.6 Å². The molecule has 2 amide bonds. The van der Waals surface area contributed by atoms with E-state index in [1.165, 1.54) is 0 Å². The molecule has 0 fully saturated rings. The van der Waals surface area contributed by atoms with Crippen LogP contribution in [-0.4, -0.2) is 29.7 Å². The molecular formula is C12H24N2O3. The van der Waals surface area contributed by atoms with Gasteiger partial charge in [-0.3, -0.25) is 4.79 Å². The summed E-state index contributed by atoms with van der Waals surface area (Å²) < 4.78 is 0. The fourth-order valence-electron chi connectivity index (χ4n) is 1.38. The van der Waals surface area contributed by atoms with E-state index in [2.05, 4.69) is 24.5 Å². The Labute approximate surface area is 103 Å². The highest BCUT2D eigenvalue weighted by atomic mass is 16.4. The van der Waals surface area contributed by atoms with Crippen molar-refractivity contribution in [2.45, 2.75) is 46.6 Å². The molecule has 0 aliphatic carbocycles. The Morgan fingerprint density at radius 3 is 2.18 bits per heavy atom. The number of carboxylic acid groups (broad SMARTS) is 1. The number of carboxylic acids is 1. The molecule has 100 valence electrons. The van der Waals surface area contributed by atoms with Crippen LogP contribution in [0, 0.1) is 11.8 Å². The second kappa shape index (κ2) is 7.92. The van der Waals surface area contributed by atoms with Crippen molar-refractivity contribution in [3.63, 3.8) is 0 Å². The fraction of sp³-hybridized carbons (Fsp3) is 0.833. The third kappa shape index (κ3) is 6.14. The van der Waals surface area contributed by atoms with Crippen LogP contribution in [0.3, 0.4) is 0 Å². The van der Waals surface area contributed by atoms with Gasteiger partial charge in [-0.2, -0.15) is 0 Å². The zero-order valence-electron chi connectivity index (χ0n) is 11.1. The van der Waals surface area contributed by atoms with E-state index >= 15 is 0 Å². The van der Waals surface area contributed by atoms with E-state index < -0.39 is 11.9 Å². The number of carbonyl (C=O) groups is 2. The highest BCUT2D eigenvalue weighted by Gasteiger charge is 2.17. The average Bonchev–Trinajstić information content (AvgIpc) is 2.28. The summed E-state index contributed by atoms with van der Waals surface area (Å²) in [7, 11) is 0. The molecule has 5 heteroatoms. The third-order valence-electron chi connectivity index (χ3n) is 3.21. The number of carbonyl (C=O) groups excluding carboxylic acids is 1. The van der Waals surface area contributed by atoms with E-state index in [9.17, 15) is 9.59 Å². The quantitative estimate of drug-likeness (QED) is 0.639. The van der Waals surface area contributed by atoms with Crippen molar-refractivity contribution in [3.05, 3.63) is 0 Å². The lowest BCUT2D eigenvalue weighted by Gasteiger charge is -2.20. The van der Waals surface area contributed by atoms with Crippen LogP contribution >= 0.6 is 0 Å². The van der Waals surface area contributed by atoms with Crippen LogP contribution < -0.4 is 10.6 Å². The lowest BCUT2D eigenvalue weighted by Crippen LogP contribution is -2.45. The summed E-state index contributed by atoms with van der Waals surface area (Å²) in [6.07, 6.45) is 1.50. The number of nitrogens with one attached hydrogen (secondary N) is 2. The number of amides is 2. The van der Waals surface area contributed by atoms with Crippen molar-refractivity contribution in [1.82, 2.24) is 10.6 Å².